The summed E-state index contributed by atoms with van der Waals surface area (Å²) >= 11 is 0. The predicted molar refractivity (Wildman–Crippen MR) is 99.5 cm³/mol. The van der Waals surface area contributed by atoms with Crippen molar-refractivity contribution in [3.05, 3.63) is 59.2 Å². The smallest absolute Gasteiger partial charge is 0.335 e. The maximum atomic E-state index is 12.0. The summed E-state index contributed by atoms with van der Waals surface area (Å²) in [5, 5.41) is 1.94. The number of carbonyl (C=O) groups is 1. The van der Waals surface area contributed by atoms with Crippen molar-refractivity contribution in [2.24, 2.45) is 0 Å². The first-order chi connectivity index (χ1) is 12.1. The van der Waals surface area contributed by atoms with Crippen LogP contribution in [0.1, 0.15) is 48.3 Å². The number of benzene rings is 2. The lowest BCUT2D eigenvalue weighted by Crippen LogP contribution is -2.10. The number of esters is 1. The lowest BCUT2D eigenvalue weighted by molar-refractivity contribution is -0.128. The van der Waals surface area contributed by atoms with Crippen LogP contribution in [0.25, 0.3) is 10.8 Å². The zero-order chi connectivity index (χ0) is 17.7. The van der Waals surface area contributed by atoms with E-state index in [1.807, 2.05) is 12.1 Å². The van der Waals surface area contributed by atoms with Gasteiger partial charge < -0.3 is 9.47 Å². The molecule has 0 aromatic heterocycles. The van der Waals surface area contributed by atoms with E-state index in [1.165, 1.54) is 17.2 Å². The van der Waals surface area contributed by atoms with Crippen LogP contribution in [0.5, 0.6) is 11.5 Å². The highest BCUT2D eigenvalue weighted by molar-refractivity contribution is 6.00. The van der Waals surface area contributed by atoms with Gasteiger partial charge in [0.25, 0.3) is 0 Å². The Morgan fingerprint density at radius 2 is 2.08 bits per heavy atom. The minimum Gasteiger partial charge on any atom is -0.496 e. The van der Waals surface area contributed by atoms with Gasteiger partial charge in [0.05, 0.1) is 7.11 Å². The number of allylic oxidation sites excluding steroid dienone is 2. The first-order valence-corrected chi connectivity index (χ1v) is 8.77. The van der Waals surface area contributed by atoms with Gasteiger partial charge in [-0.25, -0.2) is 4.79 Å². The molecule has 0 heterocycles. The first-order valence-electron chi connectivity index (χ1n) is 8.77. The van der Waals surface area contributed by atoms with Gasteiger partial charge in [-0.2, -0.15) is 0 Å². The number of hydrogen-bond acceptors (Lipinski definition) is 3. The van der Waals surface area contributed by atoms with E-state index in [2.05, 4.69) is 32.6 Å². The van der Waals surface area contributed by atoms with Gasteiger partial charge in [-0.3, -0.25) is 0 Å². The van der Waals surface area contributed by atoms with Crippen molar-refractivity contribution in [3.63, 3.8) is 0 Å². The van der Waals surface area contributed by atoms with E-state index in [4.69, 9.17) is 9.47 Å². The van der Waals surface area contributed by atoms with E-state index in [-0.39, 0.29) is 0 Å². The lowest BCUT2D eigenvalue weighted by atomic mass is 9.86. The molecule has 2 bridgehead atoms. The van der Waals surface area contributed by atoms with Crippen LogP contribution in [0.3, 0.4) is 0 Å². The molecule has 2 atom stereocenters. The fraction of sp³-hybridized carbons (Fsp3) is 0.318. The number of fused-ring (bicyclic) bond motifs is 6. The van der Waals surface area contributed by atoms with Crippen molar-refractivity contribution < 1.29 is 14.3 Å². The fourth-order valence-electron chi connectivity index (χ4n) is 4.48. The van der Waals surface area contributed by atoms with E-state index < -0.39 is 5.97 Å². The molecule has 2 aromatic rings. The fourth-order valence-corrected chi connectivity index (χ4v) is 4.48. The molecule has 0 saturated heterocycles. The largest absolute Gasteiger partial charge is 0.496 e. The van der Waals surface area contributed by atoms with Crippen LogP contribution in [0.4, 0.5) is 0 Å². The van der Waals surface area contributed by atoms with Gasteiger partial charge in [0.2, 0.25) is 0 Å². The molecule has 0 N–H and O–H groups in total. The third-order valence-electron chi connectivity index (χ3n) is 5.50. The predicted octanol–water partition coefficient (Wildman–Crippen LogP) is 5.17. The van der Waals surface area contributed by atoms with Crippen molar-refractivity contribution >= 4 is 16.7 Å². The van der Waals surface area contributed by atoms with E-state index >= 15 is 0 Å². The Morgan fingerprint density at radius 3 is 2.76 bits per heavy atom. The number of rotatable bonds is 4. The van der Waals surface area contributed by atoms with Crippen LogP contribution >= 0.6 is 0 Å². The Hall–Kier alpha value is -2.55. The second-order valence-corrected chi connectivity index (χ2v) is 6.85. The molecule has 25 heavy (non-hydrogen) atoms. The topological polar surface area (TPSA) is 35.5 Å². The number of ether oxygens (including phenoxy) is 2. The standard InChI is InChI=1S/C22H22O3/c1-5-13-10-14-11-16(13)20-19(14)21(24-4)17-9-12(3)7-8-15(17)22(20)25-18(23)6-2/h6-10,14,16H,2,5,11H2,1,3-4H3. The highest BCUT2D eigenvalue weighted by Crippen LogP contribution is 2.61. The number of hydrogen-bond donors (Lipinski definition) is 0. The molecule has 2 aliphatic rings. The Kier molecular flexibility index (Phi) is 3.68. The van der Waals surface area contributed by atoms with Crippen molar-refractivity contribution in [2.45, 2.75) is 38.5 Å². The van der Waals surface area contributed by atoms with Crippen LogP contribution in [0, 0.1) is 6.92 Å². The number of aryl methyl sites for hydroxylation is 1. The molecule has 128 valence electrons. The molecule has 0 fully saturated rings. The van der Waals surface area contributed by atoms with Crippen molar-refractivity contribution in [2.75, 3.05) is 7.11 Å². The number of carbonyl (C=O) groups excluding carboxylic acids is 1. The van der Waals surface area contributed by atoms with Crippen LogP contribution < -0.4 is 9.47 Å². The molecule has 2 aliphatic carbocycles. The second kappa shape index (κ2) is 5.76. The van der Waals surface area contributed by atoms with E-state index in [0.717, 1.165) is 40.5 Å². The molecule has 3 nitrogen and oxygen atoms in total. The van der Waals surface area contributed by atoms with Gasteiger partial charge in [-0.15, -0.1) is 0 Å². The Balaban J connectivity index is 2.07. The highest BCUT2D eigenvalue weighted by atomic mass is 16.5. The van der Waals surface area contributed by atoms with E-state index in [0.29, 0.717) is 17.6 Å². The third-order valence-corrected chi connectivity index (χ3v) is 5.50. The zero-order valence-corrected chi connectivity index (χ0v) is 14.9. The molecular weight excluding hydrogens is 312 g/mol. The average molecular weight is 334 g/mol. The summed E-state index contributed by atoms with van der Waals surface area (Å²) in [7, 11) is 1.73. The molecule has 2 unspecified atom stereocenters. The quantitative estimate of drug-likeness (QED) is 0.335. The normalized spacial score (nSPS) is 20.4. The minimum atomic E-state index is -0.418. The van der Waals surface area contributed by atoms with Crippen LogP contribution in [0.15, 0.2) is 42.5 Å². The SMILES string of the molecule is C=CC(=O)Oc1c2c(c(OC)c3cc(C)ccc13)C1C=C(CC)C2C1. The van der Waals surface area contributed by atoms with Crippen molar-refractivity contribution in [1.82, 2.24) is 0 Å². The second-order valence-electron chi connectivity index (χ2n) is 6.85. The van der Waals surface area contributed by atoms with Crippen molar-refractivity contribution in [1.29, 1.82) is 0 Å². The summed E-state index contributed by atoms with van der Waals surface area (Å²) < 4.78 is 11.6. The van der Waals surface area contributed by atoms with Gasteiger partial charge in [-0.05, 0) is 25.8 Å². The maximum Gasteiger partial charge on any atom is 0.335 e. The van der Waals surface area contributed by atoms with Gasteiger partial charge in [0.15, 0.2) is 0 Å². The van der Waals surface area contributed by atoms with Crippen molar-refractivity contribution in [3.8, 4) is 11.5 Å². The highest BCUT2D eigenvalue weighted by Gasteiger charge is 2.43. The molecule has 0 saturated carbocycles. The molecule has 2 aromatic carbocycles. The molecule has 0 radical (unpaired) electrons. The van der Waals surface area contributed by atoms with Gasteiger partial charge >= 0.3 is 5.97 Å². The van der Waals surface area contributed by atoms with Gasteiger partial charge in [-0.1, -0.05) is 42.8 Å². The van der Waals surface area contributed by atoms with Crippen LogP contribution in [0.2, 0.25) is 0 Å². The molecule has 4 rings (SSSR count). The van der Waals surface area contributed by atoms with E-state index in [1.54, 1.807) is 7.11 Å². The lowest BCUT2D eigenvalue weighted by Gasteiger charge is -2.24. The summed E-state index contributed by atoms with van der Waals surface area (Å²) in [6, 6.07) is 6.18. The molecule has 0 amide bonds. The Bertz CT molecular complexity index is 936. The molecule has 0 aliphatic heterocycles. The summed E-state index contributed by atoms with van der Waals surface area (Å²) in [4.78, 5) is 12.0. The van der Waals surface area contributed by atoms with Crippen LogP contribution in [-0.2, 0) is 4.79 Å². The average Bonchev–Trinajstić information content (AvgIpc) is 3.20. The summed E-state index contributed by atoms with van der Waals surface area (Å²) in [5.41, 5.74) is 4.91. The monoisotopic (exact) mass is 334 g/mol. The number of methoxy groups -OCH3 is 1. The Morgan fingerprint density at radius 1 is 1.28 bits per heavy atom. The summed E-state index contributed by atoms with van der Waals surface area (Å²) in [6.45, 7) is 7.79. The van der Waals surface area contributed by atoms with E-state index in [9.17, 15) is 4.79 Å². The molecule has 0 spiro atoms. The maximum absolute atomic E-state index is 12.0. The molecule has 3 heteroatoms. The zero-order valence-electron chi connectivity index (χ0n) is 14.9. The third kappa shape index (κ3) is 2.22. The Labute approximate surface area is 147 Å². The minimum absolute atomic E-state index is 0.317. The van der Waals surface area contributed by atoms with Crippen LogP contribution in [-0.4, -0.2) is 13.1 Å². The van der Waals surface area contributed by atoms with Gasteiger partial charge in [0, 0.05) is 39.8 Å². The van der Waals surface area contributed by atoms with Gasteiger partial charge in [0.1, 0.15) is 11.5 Å². The molecular formula is C22H22O3. The summed E-state index contributed by atoms with van der Waals surface area (Å²) in [5.74, 6) is 1.85. The first kappa shape index (κ1) is 15.9. The summed E-state index contributed by atoms with van der Waals surface area (Å²) in [6.07, 6.45) is 5.66.